The van der Waals surface area contributed by atoms with Crippen molar-refractivity contribution in [3.05, 3.63) is 76.2 Å². The monoisotopic (exact) mass is 427 g/mol. The van der Waals surface area contributed by atoms with Crippen LogP contribution in [0.25, 0.3) is 27.0 Å². The zero-order valence-electron chi connectivity index (χ0n) is 17.9. The lowest BCUT2D eigenvalue weighted by Crippen LogP contribution is -2.24. The van der Waals surface area contributed by atoms with E-state index in [-0.39, 0.29) is 18.7 Å². The number of nitrogens with zero attached hydrogens (tertiary/aromatic N) is 3. The van der Waals surface area contributed by atoms with Gasteiger partial charge in [0.25, 0.3) is 0 Å². The van der Waals surface area contributed by atoms with Crippen LogP contribution in [0.3, 0.4) is 0 Å². The highest BCUT2D eigenvalue weighted by Gasteiger charge is 2.39. The van der Waals surface area contributed by atoms with Crippen LogP contribution in [0.1, 0.15) is 32.3 Å². The number of carbonyl (C=O) groups excluding carboxylic acids is 1. The van der Waals surface area contributed by atoms with Gasteiger partial charge in [-0.1, -0.05) is 6.07 Å². The van der Waals surface area contributed by atoms with Gasteiger partial charge in [0.05, 0.1) is 35.4 Å². The molecule has 1 atom stereocenters. The second-order valence-corrected chi connectivity index (χ2v) is 8.08. The summed E-state index contributed by atoms with van der Waals surface area (Å²) in [4.78, 5) is 20.6. The number of esters is 1. The molecule has 3 aromatic rings. The first-order valence-electron chi connectivity index (χ1n) is 10.3. The molecule has 0 aliphatic carbocycles. The molecule has 0 saturated heterocycles. The summed E-state index contributed by atoms with van der Waals surface area (Å²) in [6.45, 7) is 13.7. The van der Waals surface area contributed by atoms with E-state index in [0.717, 1.165) is 39.1 Å². The molecular weight excluding hydrogens is 406 g/mol. The average Bonchev–Trinajstić information content (AvgIpc) is 3.36. The summed E-state index contributed by atoms with van der Waals surface area (Å²) in [5, 5.41) is 11.6. The van der Waals surface area contributed by atoms with E-state index in [4.69, 9.17) is 16.0 Å². The molecular formula is C24H21N5O3. The number of cyclic esters (lactones) is 1. The van der Waals surface area contributed by atoms with Gasteiger partial charge in [0, 0.05) is 28.9 Å². The van der Waals surface area contributed by atoms with Crippen LogP contribution < -0.4 is 10.1 Å². The van der Waals surface area contributed by atoms with Gasteiger partial charge in [-0.15, -0.1) is 0 Å². The lowest BCUT2D eigenvalue weighted by molar-refractivity contribution is -0.136. The van der Waals surface area contributed by atoms with Crippen molar-refractivity contribution in [1.82, 2.24) is 20.5 Å². The summed E-state index contributed by atoms with van der Waals surface area (Å²) in [5.74, 6) is -0.310. The van der Waals surface area contributed by atoms with Crippen LogP contribution in [0.5, 0.6) is 5.88 Å². The van der Waals surface area contributed by atoms with Gasteiger partial charge in [-0.3, -0.25) is 5.10 Å². The second kappa shape index (κ2) is 7.54. The number of ether oxygens (including phenoxy) is 2. The number of hydrogen-bond donors (Lipinski definition) is 2. The zero-order chi connectivity index (χ0) is 22.4. The van der Waals surface area contributed by atoms with Crippen molar-refractivity contribution < 1.29 is 14.3 Å². The number of hydrogen-bond acceptors (Lipinski definition) is 6. The minimum atomic E-state index is -0.481. The molecule has 0 radical (unpaired) electrons. The third-order valence-corrected chi connectivity index (χ3v) is 5.58. The number of aromatic amines is 1. The highest BCUT2D eigenvalue weighted by molar-refractivity contribution is 5.97. The van der Waals surface area contributed by atoms with E-state index < -0.39 is 5.92 Å². The van der Waals surface area contributed by atoms with Gasteiger partial charge in [-0.05, 0) is 44.5 Å². The Morgan fingerprint density at radius 3 is 2.84 bits per heavy atom. The van der Waals surface area contributed by atoms with Gasteiger partial charge in [0.1, 0.15) is 12.3 Å². The Morgan fingerprint density at radius 1 is 1.28 bits per heavy atom. The minimum Gasteiger partial charge on any atom is -0.475 e. The van der Waals surface area contributed by atoms with Crippen LogP contribution in [0.4, 0.5) is 0 Å². The summed E-state index contributed by atoms with van der Waals surface area (Å²) in [7, 11) is 0. The Balaban J connectivity index is 1.60. The number of carbonyl (C=O) groups is 1. The lowest BCUT2D eigenvalue weighted by Gasteiger charge is -2.25. The van der Waals surface area contributed by atoms with Gasteiger partial charge in [-0.2, -0.15) is 5.10 Å². The van der Waals surface area contributed by atoms with Crippen LogP contribution in [-0.4, -0.2) is 33.9 Å². The molecule has 0 amide bonds. The third-order valence-electron chi connectivity index (χ3n) is 5.58. The molecule has 4 heterocycles. The number of benzene rings is 1. The van der Waals surface area contributed by atoms with E-state index in [1.54, 1.807) is 6.20 Å². The molecule has 0 saturated carbocycles. The summed E-state index contributed by atoms with van der Waals surface area (Å²) in [6.07, 6.45) is 1.77. The van der Waals surface area contributed by atoms with E-state index >= 15 is 0 Å². The molecule has 8 heteroatoms. The molecule has 32 heavy (non-hydrogen) atoms. The largest absolute Gasteiger partial charge is 0.475 e. The van der Waals surface area contributed by atoms with Crippen molar-refractivity contribution in [1.29, 1.82) is 0 Å². The number of pyridine rings is 1. The highest BCUT2D eigenvalue weighted by atomic mass is 16.5. The Kier molecular flexibility index (Phi) is 4.67. The fourth-order valence-electron chi connectivity index (χ4n) is 4.19. The normalized spacial score (nSPS) is 18.0. The van der Waals surface area contributed by atoms with Crippen LogP contribution in [0, 0.1) is 6.57 Å². The fraction of sp³-hybridized carbons (Fsp3) is 0.250. The van der Waals surface area contributed by atoms with Crippen LogP contribution >= 0.6 is 0 Å². The van der Waals surface area contributed by atoms with Crippen molar-refractivity contribution in [3.8, 4) is 17.1 Å². The summed E-state index contributed by atoms with van der Waals surface area (Å²) in [5.41, 5.74) is 5.73. The zero-order valence-corrected chi connectivity index (χ0v) is 17.9. The Labute approximate surface area is 184 Å². The Bertz CT molecular complexity index is 1340. The maximum absolute atomic E-state index is 12.5. The van der Waals surface area contributed by atoms with Gasteiger partial charge in [0.2, 0.25) is 5.88 Å². The molecule has 8 nitrogen and oxygen atoms in total. The second-order valence-electron chi connectivity index (χ2n) is 8.08. The van der Waals surface area contributed by atoms with Crippen molar-refractivity contribution in [2.24, 2.45) is 0 Å². The van der Waals surface area contributed by atoms with E-state index in [0.29, 0.717) is 17.2 Å². The van der Waals surface area contributed by atoms with Crippen molar-refractivity contribution in [3.63, 3.8) is 0 Å². The Morgan fingerprint density at radius 2 is 2.12 bits per heavy atom. The van der Waals surface area contributed by atoms with Crippen molar-refractivity contribution >= 4 is 16.9 Å². The van der Waals surface area contributed by atoms with Gasteiger partial charge in [-0.25, -0.2) is 14.6 Å². The van der Waals surface area contributed by atoms with Crippen LogP contribution in [0.2, 0.25) is 0 Å². The summed E-state index contributed by atoms with van der Waals surface area (Å²) < 4.78 is 10.9. The molecule has 1 aromatic carbocycles. The fourth-order valence-corrected chi connectivity index (χ4v) is 4.19. The van der Waals surface area contributed by atoms with E-state index in [2.05, 4.69) is 25.3 Å². The van der Waals surface area contributed by atoms with Gasteiger partial charge in [0.15, 0.2) is 5.70 Å². The van der Waals surface area contributed by atoms with E-state index in [1.165, 1.54) is 0 Å². The first-order valence-corrected chi connectivity index (χ1v) is 10.3. The maximum atomic E-state index is 12.5. The predicted octanol–water partition coefficient (Wildman–Crippen LogP) is 4.06. The minimum absolute atomic E-state index is 0.0433. The smallest absolute Gasteiger partial charge is 0.335 e. The quantitative estimate of drug-likeness (QED) is 0.482. The first-order chi connectivity index (χ1) is 15.5. The van der Waals surface area contributed by atoms with Crippen molar-refractivity contribution in [2.45, 2.75) is 32.8 Å². The topological polar surface area (TPSA) is 93.5 Å². The molecule has 0 spiro atoms. The summed E-state index contributed by atoms with van der Waals surface area (Å²) >= 11 is 0. The van der Waals surface area contributed by atoms with Crippen LogP contribution in [0.15, 0.2) is 59.2 Å². The predicted molar refractivity (Wildman–Crippen MR) is 118 cm³/mol. The number of nitrogens with one attached hydrogen (secondary N) is 2. The van der Waals surface area contributed by atoms with E-state index in [1.807, 2.05) is 51.1 Å². The number of allylic oxidation sites excluding steroid dienone is 2. The van der Waals surface area contributed by atoms with Gasteiger partial charge < -0.3 is 14.8 Å². The van der Waals surface area contributed by atoms with E-state index in [9.17, 15) is 4.79 Å². The summed E-state index contributed by atoms with van der Waals surface area (Å²) in [6, 6.07) is 9.57. The average molecular weight is 427 g/mol. The molecule has 0 fully saturated rings. The van der Waals surface area contributed by atoms with Crippen LogP contribution in [-0.2, 0) is 9.53 Å². The third kappa shape index (κ3) is 3.19. The Hall–Kier alpha value is -4.12. The number of H-pyrrole nitrogens is 1. The number of aromatic nitrogens is 3. The molecule has 5 rings (SSSR count). The molecule has 160 valence electrons. The molecule has 2 aliphatic heterocycles. The van der Waals surface area contributed by atoms with Crippen molar-refractivity contribution in [2.75, 3.05) is 6.61 Å². The SMILES string of the molecule is [C-]#[N+]C1=C(C)NC2=C(C(=O)OC2)C1c1ccc2[nH]nc(-c3ccc(OC(C)C)nc3)c2c1. The lowest BCUT2D eigenvalue weighted by atomic mass is 9.84. The molecule has 2 aliphatic rings. The molecule has 2 N–H and O–H groups in total. The molecule has 0 bridgehead atoms. The number of fused-ring (bicyclic) bond motifs is 1. The molecule has 1 unspecified atom stereocenters. The van der Waals surface area contributed by atoms with Gasteiger partial charge >= 0.3 is 5.97 Å². The molecule has 2 aromatic heterocycles. The maximum Gasteiger partial charge on any atom is 0.335 e. The highest BCUT2D eigenvalue weighted by Crippen LogP contribution is 2.42. The standard InChI is InChI=1S/C24H21N5O3/c1-12(2)32-19-8-6-15(10-26-19)23-16-9-14(5-7-17(16)28-29-23)20-21-18(11-31-24(21)30)27-13(3)22(20)25-4/h5-10,12,20,27H,11H2,1-3H3,(H,28,29). The first kappa shape index (κ1) is 19.8. The number of dihydropyridines is 1. The number of rotatable bonds is 4.